The van der Waals surface area contributed by atoms with Gasteiger partial charge in [-0.05, 0) is 19.9 Å². The van der Waals surface area contributed by atoms with Crippen molar-refractivity contribution >= 4 is 23.3 Å². The molecule has 1 heterocycles. The lowest BCUT2D eigenvalue weighted by Gasteiger charge is -2.01. The van der Waals surface area contributed by atoms with Crippen molar-refractivity contribution in [1.29, 1.82) is 0 Å². The second-order valence-corrected chi connectivity index (χ2v) is 4.45. The zero-order valence-electron chi connectivity index (χ0n) is 11.3. The normalized spacial score (nSPS) is 10.4. The van der Waals surface area contributed by atoms with Crippen LogP contribution >= 0.6 is 11.6 Å². The molecule has 0 aliphatic carbocycles. The molecule has 0 saturated carbocycles. The Morgan fingerprint density at radius 3 is 2.86 bits per heavy atom. The summed E-state index contributed by atoms with van der Waals surface area (Å²) < 4.78 is 10.1. The molecule has 0 fully saturated rings. The third-order valence-electron chi connectivity index (χ3n) is 2.66. The van der Waals surface area contributed by atoms with Gasteiger partial charge in [0.05, 0.1) is 22.2 Å². The molecule has 0 spiro atoms. The molecule has 1 aromatic heterocycles. The number of benzene rings is 1. The lowest BCUT2D eigenvalue weighted by molar-refractivity contribution is -0.384. The van der Waals surface area contributed by atoms with Crippen molar-refractivity contribution in [1.82, 2.24) is 4.98 Å². The number of halogens is 1. The van der Waals surface area contributed by atoms with Crippen molar-refractivity contribution in [3.63, 3.8) is 0 Å². The van der Waals surface area contributed by atoms with E-state index in [2.05, 4.69) is 4.98 Å². The molecule has 0 N–H and O–H groups in total. The molecule has 0 unspecified atom stereocenters. The van der Waals surface area contributed by atoms with Crippen molar-refractivity contribution in [2.45, 2.75) is 13.8 Å². The van der Waals surface area contributed by atoms with E-state index in [-0.39, 0.29) is 40.2 Å². The standard InChI is InChI=1S/C13H11ClN2O5/c1-3-20-13(17)11-7(2)15-12(21-11)10-8(14)5-4-6-9(10)16(18)19/h4-6H,3H2,1-2H3. The summed E-state index contributed by atoms with van der Waals surface area (Å²) in [7, 11) is 0. The Morgan fingerprint density at radius 2 is 2.24 bits per heavy atom. The summed E-state index contributed by atoms with van der Waals surface area (Å²) in [5.41, 5.74) is 0.0552. The average Bonchev–Trinajstić information content (AvgIpc) is 2.80. The Kier molecular flexibility index (Phi) is 4.23. The van der Waals surface area contributed by atoms with Crippen LogP contribution < -0.4 is 0 Å². The largest absolute Gasteiger partial charge is 0.460 e. The van der Waals surface area contributed by atoms with E-state index < -0.39 is 10.9 Å². The number of carbonyl (C=O) groups is 1. The monoisotopic (exact) mass is 310 g/mol. The summed E-state index contributed by atoms with van der Waals surface area (Å²) in [5.74, 6) is -0.864. The van der Waals surface area contributed by atoms with E-state index in [0.29, 0.717) is 0 Å². The van der Waals surface area contributed by atoms with Crippen molar-refractivity contribution in [2.24, 2.45) is 0 Å². The van der Waals surface area contributed by atoms with E-state index in [1.165, 1.54) is 18.2 Å². The highest BCUT2D eigenvalue weighted by molar-refractivity contribution is 6.33. The van der Waals surface area contributed by atoms with Gasteiger partial charge < -0.3 is 9.15 Å². The van der Waals surface area contributed by atoms with Gasteiger partial charge in [-0.2, -0.15) is 0 Å². The minimum Gasteiger partial charge on any atom is -0.460 e. The van der Waals surface area contributed by atoms with Gasteiger partial charge in [-0.1, -0.05) is 17.7 Å². The van der Waals surface area contributed by atoms with E-state index >= 15 is 0 Å². The summed E-state index contributed by atoms with van der Waals surface area (Å²) in [6.07, 6.45) is 0. The molecule has 0 aliphatic rings. The van der Waals surface area contributed by atoms with Crippen molar-refractivity contribution in [2.75, 3.05) is 6.61 Å². The average molecular weight is 311 g/mol. The molecule has 0 aliphatic heterocycles. The summed E-state index contributed by atoms with van der Waals surface area (Å²) in [6, 6.07) is 4.21. The molecular formula is C13H11ClN2O5. The van der Waals surface area contributed by atoms with Crippen LogP contribution in [0.3, 0.4) is 0 Å². The van der Waals surface area contributed by atoms with Crippen LogP contribution in [0.5, 0.6) is 0 Å². The van der Waals surface area contributed by atoms with E-state index in [1.54, 1.807) is 13.8 Å². The molecule has 2 rings (SSSR count). The third-order valence-corrected chi connectivity index (χ3v) is 2.97. The zero-order valence-corrected chi connectivity index (χ0v) is 12.0. The Morgan fingerprint density at radius 1 is 1.52 bits per heavy atom. The van der Waals surface area contributed by atoms with Gasteiger partial charge in [0, 0.05) is 6.07 Å². The number of hydrogen-bond acceptors (Lipinski definition) is 6. The minimum atomic E-state index is -0.677. The van der Waals surface area contributed by atoms with Gasteiger partial charge in [-0.3, -0.25) is 10.1 Å². The molecule has 0 radical (unpaired) electrons. The number of rotatable bonds is 4. The second-order valence-electron chi connectivity index (χ2n) is 4.05. The van der Waals surface area contributed by atoms with E-state index in [0.717, 1.165) is 0 Å². The molecule has 21 heavy (non-hydrogen) atoms. The second kappa shape index (κ2) is 5.92. The predicted octanol–water partition coefficient (Wildman–Crippen LogP) is 3.39. The van der Waals surface area contributed by atoms with Gasteiger partial charge in [-0.25, -0.2) is 9.78 Å². The Bertz CT molecular complexity index is 711. The highest BCUT2D eigenvalue weighted by atomic mass is 35.5. The number of nitro benzene ring substituents is 1. The van der Waals surface area contributed by atoms with Crippen LogP contribution in [0.15, 0.2) is 22.6 Å². The summed E-state index contributed by atoms with van der Waals surface area (Å²) in [5, 5.41) is 11.2. The van der Waals surface area contributed by atoms with Crippen LogP contribution in [0.25, 0.3) is 11.5 Å². The van der Waals surface area contributed by atoms with Crippen LogP contribution in [0.4, 0.5) is 5.69 Å². The number of ether oxygens (including phenoxy) is 1. The first-order valence-electron chi connectivity index (χ1n) is 6.03. The number of carbonyl (C=O) groups excluding carboxylic acids is 1. The Hall–Kier alpha value is -2.41. The predicted molar refractivity (Wildman–Crippen MR) is 74.3 cm³/mol. The minimum absolute atomic E-state index is 0.0304. The first-order valence-corrected chi connectivity index (χ1v) is 6.41. The number of nitro groups is 1. The van der Waals surface area contributed by atoms with Gasteiger partial charge in [-0.15, -0.1) is 0 Å². The van der Waals surface area contributed by atoms with Crippen molar-refractivity contribution in [3.05, 3.63) is 44.8 Å². The van der Waals surface area contributed by atoms with Crippen LogP contribution in [-0.2, 0) is 4.74 Å². The van der Waals surface area contributed by atoms with Crippen molar-refractivity contribution in [3.8, 4) is 11.5 Å². The molecule has 0 atom stereocenters. The van der Waals surface area contributed by atoms with E-state index in [9.17, 15) is 14.9 Å². The molecule has 0 bridgehead atoms. The highest BCUT2D eigenvalue weighted by Crippen LogP contribution is 2.36. The van der Waals surface area contributed by atoms with Crippen LogP contribution in [0.1, 0.15) is 23.2 Å². The summed E-state index contributed by atoms with van der Waals surface area (Å²) >= 11 is 5.99. The van der Waals surface area contributed by atoms with Crippen LogP contribution in [0, 0.1) is 17.0 Å². The Balaban J connectivity index is 2.56. The molecule has 1 aromatic carbocycles. The van der Waals surface area contributed by atoms with Crippen molar-refractivity contribution < 1.29 is 18.9 Å². The first kappa shape index (κ1) is 15.0. The maximum absolute atomic E-state index is 11.7. The number of oxazole rings is 1. The summed E-state index contributed by atoms with van der Waals surface area (Å²) in [6.45, 7) is 3.38. The van der Waals surface area contributed by atoms with Gasteiger partial charge in [0.25, 0.3) is 5.69 Å². The fourth-order valence-electron chi connectivity index (χ4n) is 1.77. The number of aryl methyl sites for hydroxylation is 1. The lowest BCUT2D eigenvalue weighted by Crippen LogP contribution is -2.04. The van der Waals surface area contributed by atoms with E-state index in [4.69, 9.17) is 20.8 Å². The molecule has 110 valence electrons. The molecule has 8 heteroatoms. The number of esters is 1. The maximum Gasteiger partial charge on any atom is 0.376 e. The van der Waals surface area contributed by atoms with Gasteiger partial charge >= 0.3 is 5.97 Å². The molecule has 2 aromatic rings. The Labute approximate surface area is 124 Å². The molecule has 0 amide bonds. The van der Waals surface area contributed by atoms with E-state index in [1.807, 2.05) is 0 Å². The van der Waals surface area contributed by atoms with Crippen LogP contribution in [-0.4, -0.2) is 22.5 Å². The molecule has 0 saturated heterocycles. The number of aromatic nitrogens is 1. The maximum atomic E-state index is 11.7. The number of hydrogen-bond donors (Lipinski definition) is 0. The topological polar surface area (TPSA) is 95.5 Å². The van der Waals surface area contributed by atoms with Gasteiger partial charge in [0.1, 0.15) is 5.56 Å². The molecule has 7 nitrogen and oxygen atoms in total. The quantitative estimate of drug-likeness (QED) is 0.488. The van der Waals surface area contributed by atoms with Gasteiger partial charge in [0.15, 0.2) is 0 Å². The van der Waals surface area contributed by atoms with Crippen LogP contribution in [0.2, 0.25) is 5.02 Å². The zero-order chi connectivity index (χ0) is 15.6. The first-order chi connectivity index (χ1) is 9.95. The fourth-order valence-corrected chi connectivity index (χ4v) is 2.02. The van der Waals surface area contributed by atoms with Gasteiger partial charge in [0.2, 0.25) is 11.7 Å². The highest BCUT2D eigenvalue weighted by Gasteiger charge is 2.26. The third kappa shape index (κ3) is 2.87. The SMILES string of the molecule is CCOC(=O)c1oc(-c2c(Cl)cccc2[N+](=O)[O-])nc1C. The fraction of sp³-hybridized carbons (Fsp3) is 0.231. The number of nitrogens with zero attached hydrogens (tertiary/aromatic N) is 2. The lowest BCUT2D eigenvalue weighted by atomic mass is 10.2. The summed E-state index contributed by atoms with van der Waals surface area (Å²) in [4.78, 5) is 26.2. The smallest absolute Gasteiger partial charge is 0.376 e. The molecular weight excluding hydrogens is 300 g/mol.